The molecule has 1 aromatic carbocycles. The lowest BCUT2D eigenvalue weighted by molar-refractivity contribution is -0.123. The zero-order valence-electron chi connectivity index (χ0n) is 16.4. The predicted molar refractivity (Wildman–Crippen MR) is 104 cm³/mol. The Labute approximate surface area is 159 Å². The summed E-state index contributed by atoms with van der Waals surface area (Å²) < 4.78 is 10.6. The van der Waals surface area contributed by atoms with Gasteiger partial charge in [0, 0.05) is 11.9 Å². The van der Waals surface area contributed by atoms with Gasteiger partial charge in [-0.3, -0.25) is 4.79 Å². The fraction of sp³-hybridized carbons (Fsp3) is 0.381. The molecule has 1 N–H and O–H groups in total. The van der Waals surface area contributed by atoms with E-state index in [4.69, 9.17) is 9.47 Å². The van der Waals surface area contributed by atoms with Gasteiger partial charge in [0.2, 0.25) is 0 Å². The number of hydrogen-bond donors (Lipinski definition) is 1. The smallest absolute Gasteiger partial charge is 0.361 e. The van der Waals surface area contributed by atoms with Gasteiger partial charge >= 0.3 is 5.97 Å². The first-order valence-electron chi connectivity index (χ1n) is 8.92. The summed E-state index contributed by atoms with van der Waals surface area (Å²) in [6, 6.07) is 10.9. The maximum absolute atomic E-state index is 12.3. The largest absolute Gasteiger partial charge is 0.491 e. The number of nitrogens with one attached hydrogen (secondary N) is 1. The summed E-state index contributed by atoms with van der Waals surface area (Å²) in [4.78, 5) is 28.6. The minimum absolute atomic E-state index is 0.0340. The van der Waals surface area contributed by atoms with E-state index < -0.39 is 18.0 Å². The molecule has 2 rings (SSSR count). The zero-order valence-corrected chi connectivity index (χ0v) is 16.4. The van der Waals surface area contributed by atoms with Gasteiger partial charge in [0.25, 0.3) is 5.91 Å². The Hall–Kier alpha value is -2.89. The number of aromatic nitrogens is 1. The van der Waals surface area contributed by atoms with Crippen molar-refractivity contribution in [3.8, 4) is 5.75 Å². The minimum atomic E-state index is -0.976. The van der Waals surface area contributed by atoms with Crippen LogP contribution in [0.15, 0.2) is 42.6 Å². The van der Waals surface area contributed by atoms with Crippen LogP contribution >= 0.6 is 0 Å². The summed E-state index contributed by atoms with van der Waals surface area (Å²) in [7, 11) is 0. The molecule has 2 aromatic rings. The topological polar surface area (TPSA) is 77.5 Å². The maximum Gasteiger partial charge on any atom is 0.361 e. The highest BCUT2D eigenvalue weighted by Crippen LogP contribution is 2.23. The number of rotatable bonds is 6. The molecule has 0 saturated heterocycles. The number of esters is 1. The second-order valence-corrected chi connectivity index (χ2v) is 7.15. The number of carbonyl (C=O) groups excluding carboxylic acids is 2. The van der Waals surface area contributed by atoms with Crippen LogP contribution in [0.3, 0.4) is 0 Å². The number of carbonyl (C=O) groups is 2. The first kappa shape index (κ1) is 20.4. The van der Waals surface area contributed by atoms with Crippen LogP contribution in [0.2, 0.25) is 0 Å². The molecule has 1 amide bonds. The van der Waals surface area contributed by atoms with Crippen LogP contribution in [0.5, 0.6) is 5.75 Å². The number of pyridine rings is 1. The molecule has 0 saturated carbocycles. The number of ether oxygens (including phenoxy) is 2. The highest BCUT2D eigenvalue weighted by Gasteiger charge is 2.22. The second-order valence-electron chi connectivity index (χ2n) is 7.15. The molecule has 144 valence electrons. The Balaban J connectivity index is 2.00. The Morgan fingerprint density at radius 1 is 1.15 bits per heavy atom. The summed E-state index contributed by atoms with van der Waals surface area (Å²) in [6.45, 7) is 10.1. The van der Waals surface area contributed by atoms with Gasteiger partial charge in [-0.05, 0) is 49.1 Å². The van der Waals surface area contributed by atoms with Crippen molar-refractivity contribution in [2.45, 2.75) is 46.1 Å². The third-order valence-electron chi connectivity index (χ3n) is 3.94. The Morgan fingerprint density at radius 3 is 2.41 bits per heavy atom. The van der Waals surface area contributed by atoms with Gasteiger partial charge in [0.1, 0.15) is 0 Å². The molecule has 0 radical (unpaired) electrons. The number of benzene rings is 1. The Morgan fingerprint density at radius 2 is 1.81 bits per heavy atom. The lowest BCUT2D eigenvalue weighted by Crippen LogP contribution is -2.30. The lowest BCUT2D eigenvalue weighted by Gasteiger charge is -2.19. The van der Waals surface area contributed by atoms with Crippen molar-refractivity contribution in [2.24, 2.45) is 0 Å². The predicted octanol–water partition coefficient (Wildman–Crippen LogP) is 3.96. The summed E-state index contributed by atoms with van der Waals surface area (Å²) >= 11 is 0. The summed E-state index contributed by atoms with van der Waals surface area (Å²) in [6.07, 6.45) is 0.497. The van der Waals surface area contributed by atoms with Gasteiger partial charge in [-0.2, -0.15) is 0 Å². The Kier molecular flexibility index (Phi) is 6.55. The molecule has 0 fully saturated rings. The van der Waals surface area contributed by atoms with E-state index in [9.17, 15) is 9.59 Å². The van der Waals surface area contributed by atoms with Crippen LogP contribution in [-0.2, 0) is 14.9 Å². The van der Waals surface area contributed by atoms with Crippen molar-refractivity contribution in [3.63, 3.8) is 0 Å². The standard InChI is InChI=1S/C21H26N2O4/c1-6-26-17-8-7-13-22-18(17)20(25)27-14(2)19(24)23-16-11-9-15(10-12-16)21(3,4)5/h7-14H,6H2,1-5H3,(H,23,24)/t14-/m0/s1. The van der Waals surface area contributed by atoms with Gasteiger partial charge < -0.3 is 14.8 Å². The highest BCUT2D eigenvalue weighted by molar-refractivity contribution is 5.97. The molecular formula is C21H26N2O4. The van der Waals surface area contributed by atoms with Crippen molar-refractivity contribution in [3.05, 3.63) is 53.9 Å². The molecule has 1 atom stereocenters. The molecular weight excluding hydrogens is 344 g/mol. The molecule has 0 aliphatic carbocycles. The molecule has 0 spiro atoms. The van der Waals surface area contributed by atoms with Crippen molar-refractivity contribution >= 4 is 17.6 Å². The van der Waals surface area contributed by atoms with Gasteiger partial charge in [-0.1, -0.05) is 32.9 Å². The molecule has 27 heavy (non-hydrogen) atoms. The monoisotopic (exact) mass is 370 g/mol. The fourth-order valence-corrected chi connectivity index (χ4v) is 2.38. The van der Waals surface area contributed by atoms with Crippen LogP contribution in [-0.4, -0.2) is 29.6 Å². The fourth-order valence-electron chi connectivity index (χ4n) is 2.38. The van der Waals surface area contributed by atoms with Crippen LogP contribution < -0.4 is 10.1 Å². The first-order valence-corrected chi connectivity index (χ1v) is 8.92. The maximum atomic E-state index is 12.3. The molecule has 0 aliphatic rings. The quantitative estimate of drug-likeness (QED) is 0.779. The van der Waals surface area contributed by atoms with E-state index >= 15 is 0 Å². The molecule has 0 bridgehead atoms. The van der Waals surface area contributed by atoms with Crippen LogP contribution in [0.4, 0.5) is 5.69 Å². The number of amides is 1. The van der Waals surface area contributed by atoms with Gasteiger partial charge in [0.05, 0.1) is 6.61 Å². The van der Waals surface area contributed by atoms with E-state index in [1.807, 2.05) is 31.2 Å². The van der Waals surface area contributed by atoms with Crippen LogP contribution in [0, 0.1) is 0 Å². The highest BCUT2D eigenvalue weighted by atomic mass is 16.6. The average molecular weight is 370 g/mol. The molecule has 0 aliphatic heterocycles. The van der Waals surface area contributed by atoms with E-state index in [-0.39, 0.29) is 11.1 Å². The van der Waals surface area contributed by atoms with E-state index in [0.717, 1.165) is 0 Å². The number of nitrogens with zero attached hydrogens (tertiary/aromatic N) is 1. The van der Waals surface area contributed by atoms with Gasteiger partial charge in [-0.15, -0.1) is 0 Å². The Bertz CT molecular complexity index is 795. The van der Waals surface area contributed by atoms with E-state index in [1.165, 1.54) is 18.7 Å². The van der Waals surface area contributed by atoms with Crippen molar-refractivity contribution in [1.29, 1.82) is 0 Å². The van der Waals surface area contributed by atoms with Crippen molar-refractivity contribution < 1.29 is 19.1 Å². The molecule has 1 heterocycles. The minimum Gasteiger partial charge on any atom is -0.491 e. The molecule has 0 unspecified atom stereocenters. The van der Waals surface area contributed by atoms with Crippen molar-refractivity contribution in [1.82, 2.24) is 4.98 Å². The van der Waals surface area contributed by atoms with Crippen molar-refractivity contribution in [2.75, 3.05) is 11.9 Å². The molecule has 6 heteroatoms. The number of hydrogen-bond acceptors (Lipinski definition) is 5. The summed E-state index contributed by atoms with van der Waals surface area (Å²) in [5.41, 5.74) is 1.89. The third-order valence-corrected chi connectivity index (χ3v) is 3.94. The number of anilines is 1. The summed E-state index contributed by atoms with van der Waals surface area (Å²) in [5.74, 6) is -0.791. The third kappa shape index (κ3) is 5.54. The van der Waals surface area contributed by atoms with E-state index in [2.05, 4.69) is 31.1 Å². The van der Waals surface area contributed by atoms with Crippen LogP contribution in [0.1, 0.15) is 50.7 Å². The van der Waals surface area contributed by atoms with Gasteiger partial charge in [0.15, 0.2) is 17.5 Å². The normalized spacial score (nSPS) is 12.2. The van der Waals surface area contributed by atoms with Gasteiger partial charge in [-0.25, -0.2) is 9.78 Å². The molecule has 6 nitrogen and oxygen atoms in total. The van der Waals surface area contributed by atoms with E-state index in [0.29, 0.717) is 18.0 Å². The first-order chi connectivity index (χ1) is 12.7. The lowest BCUT2D eigenvalue weighted by atomic mass is 9.87. The average Bonchev–Trinajstić information content (AvgIpc) is 2.62. The SMILES string of the molecule is CCOc1cccnc1C(=O)O[C@@H](C)C(=O)Nc1ccc(C(C)(C)C)cc1. The molecule has 1 aromatic heterocycles. The van der Waals surface area contributed by atoms with E-state index in [1.54, 1.807) is 12.1 Å². The zero-order chi connectivity index (χ0) is 20.0. The van der Waals surface area contributed by atoms with Crippen LogP contribution in [0.25, 0.3) is 0 Å². The second kappa shape index (κ2) is 8.66. The summed E-state index contributed by atoms with van der Waals surface area (Å²) in [5, 5.41) is 2.75.